The molecule has 6 nitrogen and oxygen atoms in total. The summed E-state index contributed by atoms with van der Waals surface area (Å²) in [6.45, 7) is 6.54. The molecule has 1 heterocycles. The molecule has 7 heteroatoms. The van der Waals surface area contributed by atoms with E-state index < -0.39 is 0 Å². The zero-order chi connectivity index (χ0) is 13.7. The van der Waals surface area contributed by atoms with E-state index in [4.69, 9.17) is 10.5 Å². The van der Waals surface area contributed by atoms with E-state index >= 15 is 0 Å². The van der Waals surface area contributed by atoms with Crippen LogP contribution in [0.25, 0.3) is 0 Å². The van der Waals surface area contributed by atoms with Gasteiger partial charge in [0.2, 0.25) is 5.91 Å². The van der Waals surface area contributed by atoms with Crippen molar-refractivity contribution in [2.75, 3.05) is 24.7 Å². The first-order chi connectivity index (χ1) is 8.45. The summed E-state index contributed by atoms with van der Waals surface area (Å²) in [6.07, 6.45) is 0. The first kappa shape index (κ1) is 14.6. The van der Waals surface area contributed by atoms with Gasteiger partial charge in [0.15, 0.2) is 16.6 Å². The third-order valence-electron chi connectivity index (χ3n) is 2.30. The van der Waals surface area contributed by atoms with Crippen molar-refractivity contribution in [1.82, 2.24) is 9.69 Å². The van der Waals surface area contributed by atoms with Crippen molar-refractivity contribution in [3.63, 3.8) is 0 Å². The lowest BCUT2D eigenvalue weighted by molar-refractivity contribution is -0.121. The molecule has 1 aromatic rings. The van der Waals surface area contributed by atoms with E-state index in [1.54, 1.807) is 6.92 Å². The molecular weight excluding hydrogens is 252 g/mol. The Kier molecular flexibility index (Phi) is 5.21. The molecule has 0 fully saturated rings. The Hall–Kier alpha value is -1.50. The van der Waals surface area contributed by atoms with E-state index in [1.807, 2.05) is 13.8 Å². The highest BCUT2D eigenvalue weighted by Crippen LogP contribution is 2.34. The monoisotopic (exact) mass is 272 g/mol. The van der Waals surface area contributed by atoms with Gasteiger partial charge in [-0.1, -0.05) is 13.8 Å². The highest BCUT2D eigenvalue weighted by atomic mass is 32.1. The Morgan fingerprint density at radius 3 is 2.72 bits per heavy atom. The molecular formula is C11H20N4O2S. The normalized spacial score (nSPS) is 12.3. The Labute approximate surface area is 111 Å². The number of nitrogens with zero attached hydrogens (tertiary/aromatic N) is 1. The second kappa shape index (κ2) is 6.44. The average Bonchev–Trinajstić information content (AvgIpc) is 2.66. The largest absolute Gasteiger partial charge is 0.490 e. The van der Waals surface area contributed by atoms with Crippen molar-refractivity contribution in [3.8, 4) is 5.75 Å². The SMILES string of the molecule is COc1c(N)nsc1NC(C)C(=O)NCC(C)C. The van der Waals surface area contributed by atoms with Gasteiger partial charge in [-0.15, -0.1) is 0 Å². The van der Waals surface area contributed by atoms with Crippen LogP contribution in [-0.4, -0.2) is 30.0 Å². The summed E-state index contributed by atoms with van der Waals surface area (Å²) < 4.78 is 9.10. The molecule has 0 radical (unpaired) electrons. The van der Waals surface area contributed by atoms with Gasteiger partial charge < -0.3 is 21.1 Å². The maximum atomic E-state index is 11.8. The van der Waals surface area contributed by atoms with Crippen molar-refractivity contribution in [3.05, 3.63) is 0 Å². The van der Waals surface area contributed by atoms with Crippen molar-refractivity contribution < 1.29 is 9.53 Å². The third kappa shape index (κ3) is 3.76. The van der Waals surface area contributed by atoms with E-state index in [0.717, 1.165) is 0 Å². The van der Waals surface area contributed by atoms with Gasteiger partial charge in [-0.2, -0.15) is 4.37 Å². The van der Waals surface area contributed by atoms with Gasteiger partial charge in [0.1, 0.15) is 6.04 Å². The van der Waals surface area contributed by atoms with Gasteiger partial charge in [0.25, 0.3) is 0 Å². The third-order valence-corrected chi connectivity index (χ3v) is 3.08. The van der Waals surface area contributed by atoms with Crippen LogP contribution in [0.1, 0.15) is 20.8 Å². The molecule has 1 amide bonds. The van der Waals surface area contributed by atoms with Crippen molar-refractivity contribution >= 4 is 28.3 Å². The molecule has 1 unspecified atom stereocenters. The molecule has 0 saturated carbocycles. The van der Waals surface area contributed by atoms with Gasteiger partial charge in [-0.3, -0.25) is 4.79 Å². The number of nitrogen functional groups attached to an aromatic ring is 1. The molecule has 1 atom stereocenters. The molecule has 0 aromatic carbocycles. The first-order valence-corrected chi connectivity index (χ1v) is 6.56. The van der Waals surface area contributed by atoms with Crippen LogP contribution in [0.2, 0.25) is 0 Å². The fourth-order valence-electron chi connectivity index (χ4n) is 1.30. The summed E-state index contributed by atoms with van der Waals surface area (Å²) in [5, 5.41) is 6.57. The van der Waals surface area contributed by atoms with E-state index in [1.165, 1.54) is 18.6 Å². The minimum absolute atomic E-state index is 0.0577. The van der Waals surface area contributed by atoms with Crippen LogP contribution in [0.3, 0.4) is 0 Å². The number of nitrogens with two attached hydrogens (primary N) is 1. The van der Waals surface area contributed by atoms with Crippen LogP contribution in [0, 0.1) is 5.92 Å². The molecule has 0 aliphatic rings. The Morgan fingerprint density at radius 1 is 1.50 bits per heavy atom. The molecule has 18 heavy (non-hydrogen) atoms. The van der Waals surface area contributed by atoms with Crippen LogP contribution in [-0.2, 0) is 4.79 Å². The number of nitrogens with one attached hydrogen (secondary N) is 2. The molecule has 4 N–H and O–H groups in total. The summed E-state index contributed by atoms with van der Waals surface area (Å²) in [5.41, 5.74) is 5.64. The highest BCUT2D eigenvalue weighted by molar-refractivity contribution is 7.11. The number of carbonyl (C=O) groups is 1. The van der Waals surface area contributed by atoms with Gasteiger partial charge in [0, 0.05) is 6.54 Å². The van der Waals surface area contributed by atoms with Crippen LogP contribution < -0.4 is 21.1 Å². The summed E-state index contributed by atoms with van der Waals surface area (Å²) in [4.78, 5) is 11.8. The minimum atomic E-state index is -0.363. The van der Waals surface area contributed by atoms with Gasteiger partial charge in [0.05, 0.1) is 7.11 Å². The van der Waals surface area contributed by atoms with Gasteiger partial charge in [-0.25, -0.2) is 0 Å². The number of amides is 1. The van der Waals surface area contributed by atoms with Crippen LogP contribution in [0.5, 0.6) is 5.75 Å². The lowest BCUT2D eigenvalue weighted by atomic mass is 10.2. The van der Waals surface area contributed by atoms with Gasteiger partial charge >= 0.3 is 0 Å². The predicted octanol–water partition coefficient (Wildman–Crippen LogP) is 1.31. The van der Waals surface area contributed by atoms with E-state index in [-0.39, 0.29) is 11.9 Å². The van der Waals surface area contributed by atoms with E-state index in [9.17, 15) is 4.79 Å². The van der Waals surface area contributed by atoms with Crippen molar-refractivity contribution in [1.29, 1.82) is 0 Å². The highest BCUT2D eigenvalue weighted by Gasteiger charge is 2.18. The molecule has 0 bridgehead atoms. The molecule has 1 aromatic heterocycles. The summed E-state index contributed by atoms with van der Waals surface area (Å²) in [7, 11) is 1.52. The quantitative estimate of drug-likeness (QED) is 0.726. The van der Waals surface area contributed by atoms with Gasteiger partial charge in [-0.05, 0) is 24.4 Å². The summed E-state index contributed by atoms with van der Waals surface area (Å²) in [6, 6.07) is -0.363. The first-order valence-electron chi connectivity index (χ1n) is 5.79. The standard InChI is InChI=1S/C11H20N4O2S/c1-6(2)5-13-10(16)7(3)14-11-8(17-4)9(12)15-18-11/h6-7,14H,5H2,1-4H3,(H2,12,15)(H,13,16). The topological polar surface area (TPSA) is 89.3 Å². The van der Waals surface area contributed by atoms with Crippen molar-refractivity contribution in [2.45, 2.75) is 26.8 Å². The number of carbonyl (C=O) groups excluding carboxylic acids is 1. The number of aromatic nitrogens is 1. The molecule has 0 spiro atoms. The zero-order valence-corrected chi connectivity index (χ0v) is 11.9. The average molecular weight is 272 g/mol. The fourth-order valence-corrected chi connectivity index (χ4v) is 2.08. The molecule has 102 valence electrons. The molecule has 0 aliphatic carbocycles. The minimum Gasteiger partial charge on any atom is -0.490 e. The van der Waals surface area contributed by atoms with Crippen molar-refractivity contribution in [2.24, 2.45) is 5.92 Å². The number of hydrogen-bond acceptors (Lipinski definition) is 6. The zero-order valence-electron chi connectivity index (χ0n) is 11.1. The number of anilines is 2. The number of methoxy groups -OCH3 is 1. The lowest BCUT2D eigenvalue weighted by Gasteiger charge is -2.15. The molecule has 1 rings (SSSR count). The van der Waals surface area contributed by atoms with Crippen LogP contribution in [0.4, 0.5) is 10.8 Å². The molecule has 0 saturated heterocycles. The second-order valence-corrected chi connectivity index (χ2v) is 5.21. The van der Waals surface area contributed by atoms with E-state index in [0.29, 0.717) is 29.0 Å². The van der Waals surface area contributed by atoms with Crippen LogP contribution >= 0.6 is 11.5 Å². The smallest absolute Gasteiger partial charge is 0.242 e. The second-order valence-electron chi connectivity index (χ2n) is 4.44. The number of hydrogen-bond donors (Lipinski definition) is 3. The predicted molar refractivity (Wildman–Crippen MR) is 74.0 cm³/mol. The molecule has 0 aliphatic heterocycles. The maximum Gasteiger partial charge on any atom is 0.242 e. The number of rotatable bonds is 6. The summed E-state index contributed by atoms with van der Waals surface area (Å²) >= 11 is 1.18. The number of ether oxygens (including phenoxy) is 1. The van der Waals surface area contributed by atoms with E-state index in [2.05, 4.69) is 15.0 Å². The summed E-state index contributed by atoms with van der Waals surface area (Å²) in [5.74, 6) is 1.19. The van der Waals surface area contributed by atoms with Crippen LogP contribution in [0.15, 0.2) is 0 Å². The Balaban J connectivity index is 2.58. The Bertz CT molecular complexity index is 406. The lowest BCUT2D eigenvalue weighted by Crippen LogP contribution is -2.39. The maximum absolute atomic E-state index is 11.8. The fraction of sp³-hybridized carbons (Fsp3) is 0.636. The Morgan fingerprint density at radius 2 is 2.17 bits per heavy atom.